The van der Waals surface area contributed by atoms with Crippen molar-refractivity contribution in [1.29, 1.82) is 0 Å². The summed E-state index contributed by atoms with van der Waals surface area (Å²) in [7, 11) is 2.14. The molecule has 3 aliphatic rings. The molecule has 37 heavy (non-hydrogen) atoms. The maximum absolute atomic E-state index is 11.4. The molecule has 1 atom stereocenters. The topological polar surface area (TPSA) is 85.3 Å². The number of anilines is 2. The largest absolute Gasteiger partial charge is 0.465 e. The van der Waals surface area contributed by atoms with E-state index < -0.39 is 6.09 Å². The van der Waals surface area contributed by atoms with Gasteiger partial charge in [-0.05, 0) is 44.3 Å². The summed E-state index contributed by atoms with van der Waals surface area (Å²) in [6, 6.07) is 15.8. The first-order chi connectivity index (χ1) is 18.1. The van der Waals surface area contributed by atoms with Gasteiger partial charge in [-0.25, -0.2) is 4.79 Å². The first-order valence-electron chi connectivity index (χ1n) is 13.2. The van der Waals surface area contributed by atoms with E-state index >= 15 is 0 Å². The minimum Gasteiger partial charge on any atom is -0.465 e. The molecule has 2 aromatic carbocycles. The van der Waals surface area contributed by atoms with Crippen molar-refractivity contribution >= 4 is 28.4 Å². The number of likely N-dealkylation sites (tertiary alicyclic amines) is 1. The lowest BCUT2D eigenvalue weighted by atomic mass is 10.0. The van der Waals surface area contributed by atoms with E-state index in [9.17, 15) is 9.90 Å². The minimum atomic E-state index is -0.861. The van der Waals surface area contributed by atoms with Crippen LogP contribution in [0, 0.1) is 0 Å². The second kappa shape index (κ2) is 10.0. The van der Waals surface area contributed by atoms with E-state index in [1.54, 1.807) is 0 Å². The number of nitrogens with zero attached hydrogens (tertiary/aromatic N) is 6. The van der Waals surface area contributed by atoms with Gasteiger partial charge < -0.3 is 29.4 Å². The summed E-state index contributed by atoms with van der Waals surface area (Å²) in [4.78, 5) is 29.7. The highest BCUT2D eigenvalue weighted by molar-refractivity contribution is 5.94. The molecule has 0 spiro atoms. The predicted molar refractivity (Wildman–Crippen MR) is 144 cm³/mol. The van der Waals surface area contributed by atoms with Crippen molar-refractivity contribution in [2.45, 2.75) is 31.8 Å². The van der Waals surface area contributed by atoms with Crippen molar-refractivity contribution in [1.82, 2.24) is 19.8 Å². The first-order valence-corrected chi connectivity index (χ1v) is 13.2. The molecule has 4 heterocycles. The molecule has 9 nitrogen and oxygen atoms in total. The third-order valence-corrected chi connectivity index (χ3v) is 8.06. The molecule has 1 N–H and O–H groups in total. The van der Waals surface area contributed by atoms with Crippen molar-refractivity contribution in [2.24, 2.45) is 0 Å². The number of carbonyl (C=O) groups is 1. The molecule has 0 aliphatic carbocycles. The van der Waals surface area contributed by atoms with Gasteiger partial charge in [0.15, 0.2) is 0 Å². The Labute approximate surface area is 217 Å². The second-order valence-electron chi connectivity index (χ2n) is 10.3. The third kappa shape index (κ3) is 4.75. The van der Waals surface area contributed by atoms with Crippen LogP contribution >= 0.6 is 0 Å². The molecule has 0 radical (unpaired) electrons. The summed E-state index contributed by atoms with van der Waals surface area (Å²) in [5.74, 6) is 0.905. The van der Waals surface area contributed by atoms with Gasteiger partial charge in [0.05, 0.1) is 12.2 Å². The SMILES string of the molecule is CN1CCC[C@H]1COc1nc2c(c(N3CCN(C(=O)O)CC3)n1)CCN(c1cccc3ccccc13)C2. The van der Waals surface area contributed by atoms with Crippen molar-refractivity contribution < 1.29 is 14.6 Å². The van der Waals surface area contributed by atoms with Crippen molar-refractivity contribution in [3.05, 3.63) is 53.7 Å². The zero-order chi connectivity index (χ0) is 25.4. The summed E-state index contributed by atoms with van der Waals surface area (Å²) in [5, 5.41) is 11.9. The van der Waals surface area contributed by atoms with Gasteiger partial charge in [0.25, 0.3) is 0 Å². The van der Waals surface area contributed by atoms with E-state index in [-0.39, 0.29) is 0 Å². The Morgan fingerprint density at radius 2 is 1.81 bits per heavy atom. The fourth-order valence-corrected chi connectivity index (χ4v) is 5.87. The normalized spacial score (nSPS) is 20.4. The van der Waals surface area contributed by atoms with Crippen LogP contribution in [0.5, 0.6) is 6.01 Å². The average Bonchev–Trinajstić information content (AvgIpc) is 3.35. The monoisotopic (exact) mass is 502 g/mol. The van der Waals surface area contributed by atoms with Crippen LogP contribution in [-0.2, 0) is 13.0 Å². The Hall–Kier alpha value is -3.59. The van der Waals surface area contributed by atoms with Crippen LogP contribution < -0.4 is 14.5 Å². The maximum Gasteiger partial charge on any atom is 0.407 e. The van der Waals surface area contributed by atoms with Crippen LogP contribution in [0.4, 0.5) is 16.3 Å². The van der Waals surface area contributed by atoms with Crippen molar-refractivity contribution in [3.63, 3.8) is 0 Å². The lowest BCUT2D eigenvalue weighted by Crippen LogP contribution is -2.49. The highest BCUT2D eigenvalue weighted by Gasteiger charge is 2.30. The van der Waals surface area contributed by atoms with Crippen LogP contribution in [-0.4, -0.2) is 89.9 Å². The number of benzene rings is 2. The summed E-state index contributed by atoms with van der Waals surface area (Å²) >= 11 is 0. The lowest BCUT2D eigenvalue weighted by molar-refractivity contribution is 0.142. The number of hydrogen-bond donors (Lipinski definition) is 1. The average molecular weight is 503 g/mol. The molecule has 0 unspecified atom stereocenters. The predicted octanol–water partition coefficient (Wildman–Crippen LogP) is 3.47. The molecule has 9 heteroatoms. The third-order valence-electron chi connectivity index (χ3n) is 8.06. The summed E-state index contributed by atoms with van der Waals surface area (Å²) in [6.45, 7) is 5.42. The number of carboxylic acid groups (broad SMARTS) is 1. The first kappa shape index (κ1) is 23.8. The van der Waals surface area contributed by atoms with Crippen molar-refractivity contribution in [2.75, 3.05) is 62.7 Å². The zero-order valence-electron chi connectivity index (χ0n) is 21.3. The van der Waals surface area contributed by atoms with E-state index in [2.05, 4.69) is 64.2 Å². The number of fused-ring (bicyclic) bond motifs is 2. The molecule has 1 aromatic heterocycles. The van der Waals surface area contributed by atoms with Crippen molar-refractivity contribution in [3.8, 4) is 6.01 Å². The minimum absolute atomic E-state index is 0.384. The van der Waals surface area contributed by atoms with Gasteiger partial charge in [0.2, 0.25) is 0 Å². The molecule has 6 rings (SSSR count). The van der Waals surface area contributed by atoms with E-state index in [4.69, 9.17) is 14.7 Å². The summed E-state index contributed by atoms with van der Waals surface area (Å²) < 4.78 is 6.21. The maximum atomic E-state index is 11.4. The van der Waals surface area contributed by atoms with Crippen LogP contribution in [0.25, 0.3) is 10.8 Å². The molecular formula is C28H34N6O3. The summed E-state index contributed by atoms with van der Waals surface area (Å²) in [5.41, 5.74) is 3.37. The molecule has 1 amide bonds. The molecular weight excluding hydrogens is 468 g/mol. The molecule has 194 valence electrons. The standard InChI is InChI=1S/C28H34N6O3/c1-31-12-5-8-21(31)19-37-27-29-24-18-34(25-10-4-7-20-6-2-3-9-22(20)25)13-11-23(24)26(30-27)32-14-16-33(17-15-32)28(35)36/h2-4,6-7,9-10,21H,5,8,11-19H2,1H3,(H,35,36)/t21-/m0/s1. The van der Waals surface area contributed by atoms with Gasteiger partial charge in [-0.2, -0.15) is 9.97 Å². The number of rotatable bonds is 5. The molecule has 2 saturated heterocycles. The number of piperazine rings is 1. The van der Waals surface area contributed by atoms with Gasteiger partial charge in [0.1, 0.15) is 12.4 Å². The van der Waals surface area contributed by atoms with Crippen LogP contribution in [0.3, 0.4) is 0 Å². The van der Waals surface area contributed by atoms with Crippen LogP contribution in [0.15, 0.2) is 42.5 Å². The number of hydrogen-bond acceptors (Lipinski definition) is 7. The van der Waals surface area contributed by atoms with E-state index in [1.165, 1.54) is 27.8 Å². The molecule has 3 aromatic rings. The number of aromatic nitrogens is 2. The van der Waals surface area contributed by atoms with Gasteiger partial charge in [0, 0.05) is 55.4 Å². The number of amides is 1. The Bertz CT molecular complexity index is 1290. The van der Waals surface area contributed by atoms with Crippen LogP contribution in [0.1, 0.15) is 24.1 Å². The second-order valence-corrected chi connectivity index (χ2v) is 10.3. The Morgan fingerprint density at radius 3 is 2.59 bits per heavy atom. The Morgan fingerprint density at radius 1 is 1.00 bits per heavy atom. The van der Waals surface area contributed by atoms with Gasteiger partial charge >= 0.3 is 12.1 Å². The van der Waals surface area contributed by atoms with E-state index in [0.717, 1.165) is 43.0 Å². The molecule has 2 fully saturated rings. The highest BCUT2D eigenvalue weighted by Crippen LogP contribution is 2.34. The quantitative estimate of drug-likeness (QED) is 0.568. The zero-order valence-corrected chi connectivity index (χ0v) is 21.3. The smallest absolute Gasteiger partial charge is 0.407 e. The Kier molecular flexibility index (Phi) is 6.46. The molecule has 3 aliphatic heterocycles. The fourth-order valence-electron chi connectivity index (χ4n) is 5.87. The Balaban J connectivity index is 1.30. The van der Waals surface area contributed by atoms with Crippen LogP contribution in [0.2, 0.25) is 0 Å². The van der Waals surface area contributed by atoms with Gasteiger partial charge in [-0.1, -0.05) is 36.4 Å². The summed E-state index contributed by atoms with van der Waals surface area (Å²) in [6.07, 6.45) is 2.29. The molecule has 0 saturated carbocycles. The lowest BCUT2D eigenvalue weighted by Gasteiger charge is -2.37. The number of likely N-dealkylation sites (N-methyl/N-ethyl adjacent to an activating group) is 1. The fraction of sp³-hybridized carbons (Fsp3) is 0.464. The highest BCUT2D eigenvalue weighted by atomic mass is 16.5. The van der Waals surface area contributed by atoms with Gasteiger partial charge in [-0.15, -0.1) is 0 Å². The molecule has 0 bridgehead atoms. The van der Waals surface area contributed by atoms with Gasteiger partial charge in [-0.3, -0.25) is 0 Å². The van der Waals surface area contributed by atoms with E-state index in [1.807, 2.05) is 0 Å². The van der Waals surface area contributed by atoms with E-state index in [0.29, 0.717) is 51.4 Å². The number of ether oxygens (including phenoxy) is 1.